The molecule has 0 radical (unpaired) electrons. The van der Waals surface area contributed by atoms with Gasteiger partial charge in [0.1, 0.15) is 35.2 Å². The summed E-state index contributed by atoms with van der Waals surface area (Å²) in [6, 6.07) is 15.3. The lowest BCUT2D eigenvalue weighted by molar-refractivity contribution is 0.392. The highest BCUT2D eigenvalue weighted by atomic mass is 16.5. The van der Waals surface area contributed by atoms with Crippen LogP contribution in [0.5, 0.6) is 0 Å². The van der Waals surface area contributed by atoms with Crippen molar-refractivity contribution >= 4 is 34.0 Å². The molecule has 0 aliphatic carbocycles. The molecular formula is C26H22N10O. The van der Waals surface area contributed by atoms with Crippen molar-refractivity contribution in [3.63, 3.8) is 0 Å². The first kappa shape index (κ1) is 22.3. The standard InChI is InChI=1S/C26H22N10O/c1-16-20(17(2)37-35-16)14-36-21-6-4-3-5-19(21)25(34-36)26-32-23(30-18-7-10-27-11-8-18)13-24(33-26)31-22-9-12-28-15-29-22/h3-13,15H,14H2,1-2H3,(H2,27,28,29,30,31,32,33). The number of rotatable bonds is 7. The number of hydrogen-bond acceptors (Lipinski definition) is 10. The van der Waals surface area contributed by atoms with Crippen LogP contribution >= 0.6 is 0 Å². The van der Waals surface area contributed by atoms with Gasteiger partial charge in [0.15, 0.2) is 5.82 Å². The molecule has 1 aromatic carbocycles. The predicted octanol–water partition coefficient (Wildman–Crippen LogP) is 4.82. The van der Waals surface area contributed by atoms with Crippen LogP contribution in [-0.4, -0.2) is 39.9 Å². The van der Waals surface area contributed by atoms with E-state index in [-0.39, 0.29) is 0 Å². The van der Waals surface area contributed by atoms with Gasteiger partial charge in [-0.25, -0.2) is 19.9 Å². The topological polar surface area (TPSA) is 132 Å². The van der Waals surface area contributed by atoms with Gasteiger partial charge in [0, 0.05) is 41.3 Å². The minimum Gasteiger partial charge on any atom is -0.361 e. The summed E-state index contributed by atoms with van der Waals surface area (Å²) in [7, 11) is 0. The SMILES string of the molecule is Cc1noc(C)c1Cn1nc(-c2nc(Nc3ccncc3)cc(Nc3ccncn3)n2)c2ccccc21. The van der Waals surface area contributed by atoms with E-state index in [1.807, 2.05) is 61.0 Å². The summed E-state index contributed by atoms with van der Waals surface area (Å²) < 4.78 is 7.30. The summed E-state index contributed by atoms with van der Waals surface area (Å²) in [5.41, 5.74) is 4.31. The molecule has 0 aliphatic heterocycles. The Morgan fingerprint density at radius 1 is 0.865 bits per heavy atom. The van der Waals surface area contributed by atoms with E-state index in [0.29, 0.717) is 35.5 Å². The summed E-state index contributed by atoms with van der Waals surface area (Å²) in [6.45, 7) is 4.36. The summed E-state index contributed by atoms with van der Waals surface area (Å²) in [5, 5.41) is 16.5. The van der Waals surface area contributed by atoms with Crippen molar-refractivity contribution in [2.75, 3.05) is 10.6 Å². The summed E-state index contributed by atoms with van der Waals surface area (Å²) in [4.78, 5) is 21.9. The number of anilines is 4. The minimum atomic E-state index is 0.462. The normalized spacial score (nSPS) is 11.1. The summed E-state index contributed by atoms with van der Waals surface area (Å²) in [5.74, 6) is 3.00. The van der Waals surface area contributed by atoms with Crippen molar-refractivity contribution in [3.05, 3.63) is 90.5 Å². The first-order valence-corrected chi connectivity index (χ1v) is 11.6. The summed E-state index contributed by atoms with van der Waals surface area (Å²) >= 11 is 0. The zero-order chi connectivity index (χ0) is 25.2. The number of aromatic nitrogens is 8. The van der Waals surface area contributed by atoms with Crippen LogP contribution in [-0.2, 0) is 6.54 Å². The first-order valence-electron chi connectivity index (χ1n) is 11.6. The smallest absolute Gasteiger partial charge is 0.184 e. The van der Waals surface area contributed by atoms with Crippen LogP contribution in [0, 0.1) is 13.8 Å². The number of nitrogens with one attached hydrogen (secondary N) is 2. The number of aryl methyl sites for hydroxylation is 2. The number of para-hydroxylation sites is 1. The molecule has 0 spiro atoms. The molecule has 5 heterocycles. The second kappa shape index (κ2) is 9.46. The van der Waals surface area contributed by atoms with Crippen molar-refractivity contribution in [2.24, 2.45) is 0 Å². The molecule has 0 amide bonds. The molecule has 2 N–H and O–H groups in total. The third-order valence-electron chi connectivity index (χ3n) is 5.88. The van der Waals surface area contributed by atoms with Crippen molar-refractivity contribution < 1.29 is 4.52 Å². The van der Waals surface area contributed by atoms with Crippen LogP contribution in [0.4, 0.5) is 23.1 Å². The second-order valence-electron chi connectivity index (χ2n) is 8.37. The van der Waals surface area contributed by atoms with Crippen LogP contribution in [0.3, 0.4) is 0 Å². The average Bonchev–Trinajstić information content (AvgIpc) is 3.45. The quantitative estimate of drug-likeness (QED) is 0.321. The lowest BCUT2D eigenvalue weighted by atomic mass is 10.2. The summed E-state index contributed by atoms with van der Waals surface area (Å²) in [6.07, 6.45) is 6.57. The number of pyridine rings is 1. The van der Waals surface area contributed by atoms with Crippen LogP contribution in [0.25, 0.3) is 22.4 Å². The Labute approximate surface area is 211 Å². The largest absolute Gasteiger partial charge is 0.361 e. The molecule has 37 heavy (non-hydrogen) atoms. The van der Waals surface area contributed by atoms with Gasteiger partial charge in [0.05, 0.1) is 17.8 Å². The van der Waals surface area contributed by atoms with Crippen LogP contribution < -0.4 is 10.6 Å². The van der Waals surface area contributed by atoms with E-state index in [1.54, 1.807) is 24.7 Å². The first-order chi connectivity index (χ1) is 18.1. The van der Waals surface area contributed by atoms with Crippen LogP contribution in [0.15, 0.2) is 78.0 Å². The number of hydrogen-bond donors (Lipinski definition) is 2. The molecule has 0 aliphatic rings. The molecule has 5 aromatic heterocycles. The number of fused-ring (bicyclic) bond motifs is 1. The van der Waals surface area contributed by atoms with E-state index in [4.69, 9.17) is 19.6 Å². The molecule has 11 nitrogen and oxygen atoms in total. The average molecular weight is 491 g/mol. The molecule has 0 saturated heterocycles. The van der Waals surface area contributed by atoms with Crippen molar-refractivity contribution in [1.29, 1.82) is 0 Å². The molecule has 182 valence electrons. The molecule has 6 rings (SSSR count). The van der Waals surface area contributed by atoms with Gasteiger partial charge in [-0.05, 0) is 38.1 Å². The molecule has 6 aromatic rings. The Bertz CT molecular complexity index is 1600. The second-order valence-corrected chi connectivity index (χ2v) is 8.37. The van der Waals surface area contributed by atoms with Gasteiger partial charge in [-0.15, -0.1) is 0 Å². The van der Waals surface area contributed by atoms with Crippen LogP contribution in [0.2, 0.25) is 0 Å². The Kier molecular flexibility index (Phi) is 5.70. The molecule has 0 bridgehead atoms. The fraction of sp³-hybridized carbons (Fsp3) is 0.115. The number of nitrogens with zero attached hydrogens (tertiary/aromatic N) is 8. The Hall–Kier alpha value is -5.19. The van der Waals surface area contributed by atoms with E-state index in [2.05, 4.69) is 30.7 Å². The van der Waals surface area contributed by atoms with Gasteiger partial charge in [-0.1, -0.05) is 23.4 Å². The fourth-order valence-corrected chi connectivity index (χ4v) is 4.05. The molecule has 0 fully saturated rings. The maximum absolute atomic E-state index is 5.37. The van der Waals surface area contributed by atoms with Gasteiger partial charge >= 0.3 is 0 Å². The van der Waals surface area contributed by atoms with Gasteiger partial charge in [-0.3, -0.25) is 9.67 Å². The van der Waals surface area contributed by atoms with E-state index in [9.17, 15) is 0 Å². The Balaban J connectivity index is 1.46. The molecule has 0 atom stereocenters. The van der Waals surface area contributed by atoms with Crippen molar-refractivity contribution in [3.8, 4) is 11.5 Å². The number of benzene rings is 1. The van der Waals surface area contributed by atoms with Gasteiger partial charge in [0.2, 0.25) is 0 Å². The third kappa shape index (κ3) is 4.57. The third-order valence-corrected chi connectivity index (χ3v) is 5.88. The highest BCUT2D eigenvalue weighted by molar-refractivity contribution is 5.92. The lowest BCUT2D eigenvalue weighted by Crippen LogP contribution is -2.05. The maximum Gasteiger partial charge on any atom is 0.184 e. The van der Waals surface area contributed by atoms with E-state index >= 15 is 0 Å². The van der Waals surface area contributed by atoms with Gasteiger partial charge < -0.3 is 15.2 Å². The molecule has 0 saturated carbocycles. The lowest BCUT2D eigenvalue weighted by Gasteiger charge is -2.10. The monoisotopic (exact) mass is 490 g/mol. The highest BCUT2D eigenvalue weighted by Crippen LogP contribution is 2.30. The zero-order valence-corrected chi connectivity index (χ0v) is 20.1. The molecular weight excluding hydrogens is 468 g/mol. The minimum absolute atomic E-state index is 0.462. The van der Waals surface area contributed by atoms with Gasteiger partial charge in [-0.2, -0.15) is 5.10 Å². The Morgan fingerprint density at radius 3 is 2.41 bits per heavy atom. The molecule has 0 unspecified atom stereocenters. The van der Waals surface area contributed by atoms with Crippen molar-refractivity contribution in [1.82, 2.24) is 39.9 Å². The van der Waals surface area contributed by atoms with Gasteiger partial charge in [0.25, 0.3) is 0 Å². The highest BCUT2D eigenvalue weighted by Gasteiger charge is 2.19. The fourth-order valence-electron chi connectivity index (χ4n) is 4.05. The van der Waals surface area contributed by atoms with E-state index < -0.39 is 0 Å². The Morgan fingerprint density at radius 2 is 1.65 bits per heavy atom. The van der Waals surface area contributed by atoms with Crippen molar-refractivity contribution in [2.45, 2.75) is 20.4 Å². The van der Waals surface area contributed by atoms with E-state index in [1.165, 1.54) is 6.33 Å². The molecule has 11 heteroatoms. The van der Waals surface area contributed by atoms with E-state index in [0.717, 1.165) is 33.6 Å². The van der Waals surface area contributed by atoms with Crippen LogP contribution in [0.1, 0.15) is 17.0 Å². The predicted molar refractivity (Wildman–Crippen MR) is 139 cm³/mol. The zero-order valence-electron chi connectivity index (χ0n) is 20.1. The maximum atomic E-state index is 5.37.